The highest BCUT2D eigenvalue weighted by atomic mass is 16.5. The van der Waals surface area contributed by atoms with Gasteiger partial charge >= 0.3 is 0 Å². The summed E-state index contributed by atoms with van der Waals surface area (Å²) in [5.41, 5.74) is 1.52. The van der Waals surface area contributed by atoms with Crippen LogP contribution in [0.4, 0.5) is 5.69 Å². The van der Waals surface area contributed by atoms with E-state index in [4.69, 9.17) is 4.74 Å². The molecule has 37 heavy (non-hydrogen) atoms. The standard InChI is InChI=1S/C31H22N2O4/c1-18-16-23(32-17-37-20-12-6-3-7-13-20)25-26-24(21-14-8-9-15-22(21)30(25)35)27(31(36)33-28(18)26)29(34)19-10-4-2-5-11-19/h2-16,32,34H,17H2,1H3. The average molecular weight is 487 g/mol. The lowest BCUT2D eigenvalue weighted by molar-refractivity contribution is 0.347. The molecule has 2 N–H and O–H groups in total. The van der Waals surface area contributed by atoms with Gasteiger partial charge in [-0.2, -0.15) is 0 Å². The van der Waals surface area contributed by atoms with E-state index in [1.54, 1.807) is 42.5 Å². The molecule has 0 atom stereocenters. The van der Waals surface area contributed by atoms with E-state index in [0.717, 1.165) is 5.56 Å². The maximum atomic E-state index is 13.8. The molecule has 1 heterocycles. The Kier molecular flexibility index (Phi) is 5.42. The van der Waals surface area contributed by atoms with Crippen molar-refractivity contribution in [3.8, 4) is 5.75 Å². The molecule has 0 aromatic heterocycles. The van der Waals surface area contributed by atoms with E-state index in [9.17, 15) is 14.7 Å². The molecule has 0 saturated heterocycles. The van der Waals surface area contributed by atoms with Crippen LogP contribution in [-0.2, 0) is 0 Å². The predicted octanol–water partition coefficient (Wildman–Crippen LogP) is 4.46. The van der Waals surface area contributed by atoms with Crippen LogP contribution < -0.4 is 26.3 Å². The summed E-state index contributed by atoms with van der Waals surface area (Å²) in [5.74, 6) is 0.523. The highest BCUT2D eigenvalue weighted by Crippen LogP contribution is 2.27. The van der Waals surface area contributed by atoms with Crippen molar-refractivity contribution in [3.63, 3.8) is 0 Å². The number of para-hydroxylation sites is 1. The average Bonchev–Trinajstić information content (AvgIpc) is 2.93. The van der Waals surface area contributed by atoms with Crippen LogP contribution in [0, 0.1) is 17.4 Å². The largest absolute Gasteiger partial charge is 0.506 e. The van der Waals surface area contributed by atoms with Gasteiger partial charge in [-0.3, -0.25) is 9.59 Å². The fourth-order valence-corrected chi connectivity index (χ4v) is 4.94. The van der Waals surface area contributed by atoms with Crippen molar-refractivity contribution in [3.05, 3.63) is 138 Å². The van der Waals surface area contributed by atoms with Crippen LogP contribution in [0.15, 0.2) is 101 Å². The maximum Gasteiger partial charge on any atom is 0.282 e. The molecule has 4 aromatic rings. The van der Waals surface area contributed by atoms with E-state index in [0.29, 0.717) is 49.1 Å². The molecule has 0 saturated carbocycles. The number of ether oxygens (including phenoxy) is 1. The van der Waals surface area contributed by atoms with E-state index in [-0.39, 0.29) is 23.1 Å². The first-order valence-corrected chi connectivity index (χ1v) is 11.9. The zero-order valence-corrected chi connectivity index (χ0v) is 20.0. The lowest BCUT2D eigenvalue weighted by Crippen LogP contribution is -2.33. The molecule has 1 aliphatic heterocycles. The highest BCUT2D eigenvalue weighted by molar-refractivity contribution is 5.95. The molecule has 0 radical (unpaired) electrons. The molecular weight excluding hydrogens is 464 g/mol. The quantitative estimate of drug-likeness (QED) is 0.350. The molecule has 6 rings (SSSR count). The topological polar surface area (TPSA) is 88.5 Å². The van der Waals surface area contributed by atoms with Gasteiger partial charge in [-0.1, -0.05) is 72.8 Å². The lowest BCUT2D eigenvalue weighted by Gasteiger charge is -2.15. The van der Waals surface area contributed by atoms with Crippen LogP contribution >= 0.6 is 0 Å². The Labute approximate surface area is 211 Å². The normalized spacial score (nSPS) is 12.2. The van der Waals surface area contributed by atoms with Gasteiger partial charge < -0.3 is 15.2 Å². The summed E-state index contributed by atoms with van der Waals surface area (Å²) >= 11 is 0. The van der Waals surface area contributed by atoms with Crippen LogP contribution in [0.25, 0.3) is 27.4 Å². The van der Waals surface area contributed by atoms with Crippen molar-refractivity contribution in [1.29, 1.82) is 0 Å². The first-order chi connectivity index (χ1) is 18.0. The van der Waals surface area contributed by atoms with Gasteiger partial charge in [-0.05, 0) is 36.1 Å². The Hall–Kier alpha value is -4.97. The summed E-state index contributed by atoms with van der Waals surface area (Å²) in [6.45, 7) is 1.98. The second-order valence-electron chi connectivity index (χ2n) is 8.87. The van der Waals surface area contributed by atoms with Gasteiger partial charge in [0.05, 0.1) is 16.1 Å². The van der Waals surface area contributed by atoms with E-state index in [1.165, 1.54) is 0 Å². The van der Waals surface area contributed by atoms with E-state index in [2.05, 4.69) is 10.3 Å². The van der Waals surface area contributed by atoms with Crippen LogP contribution in [-0.4, -0.2) is 16.8 Å². The van der Waals surface area contributed by atoms with Gasteiger partial charge in [0.25, 0.3) is 5.56 Å². The maximum absolute atomic E-state index is 13.8. The Balaban J connectivity index is 1.74. The van der Waals surface area contributed by atoms with Crippen molar-refractivity contribution in [2.75, 3.05) is 12.0 Å². The summed E-state index contributed by atoms with van der Waals surface area (Å²) in [6.07, 6.45) is 0. The molecule has 0 fully saturated rings. The van der Waals surface area contributed by atoms with Gasteiger partial charge in [0.1, 0.15) is 11.5 Å². The third kappa shape index (κ3) is 3.70. The van der Waals surface area contributed by atoms with E-state index >= 15 is 0 Å². The summed E-state index contributed by atoms with van der Waals surface area (Å²) in [4.78, 5) is 31.6. The molecule has 2 aliphatic rings. The minimum absolute atomic E-state index is 0.0805. The third-order valence-corrected chi connectivity index (χ3v) is 6.61. The number of anilines is 1. The fraction of sp³-hybridized carbons (Fsp3) is 0.0645. The van der Waals surface area contributed by atoms with Crippen LogP contribution in [0.5, 0.6) is 5.75 Å². The van der Waals surface area contributed by atoms with Crippen LogP contribution in [0.2, 0.25) is 0 Å². The first kappa shape index (κ1) is 22.5. The molecule has 6 nitrogen and oxygen atoms in total. The summed E-state index contributed by atoms with van der Waals surface area (Å²) < 4.78 is 5.82. The Morgan fingerprint density at radius 3 is 2.24 bits per heavy atom. The second-order valence-corrected chi connectivity index (χ2v) is 8.87. The number of hydrogen-bond donors (Lipinski definition) is 2. The number of nitrogens with zero attached hydrogens (tertiary/aromatic N) is 1. The number of nitrogens with one attached hydrogen (secondary N) is 1. The smallest absolute Gasteiger partial charge is 0.282 e. The van der Waals surface area contributed by atoms with Gasteiger partial charge in [0, 0.05) is 27.1 Å². The molecular formula is C31H22N2O4. The number of hydrogen-bond acceptors (Lipinski definition) is 6. The second kappa shape index (κ2) is 8.91. The van der Waals surface area contributed by atoms with E-state index < -0.39 is 5.56 Å². The Morgan fingerprint density at radius 2 is 1.51 bits per heavy atom. The molecule has 6 heteroatoms. The van der Waals surface area contributed by atoms with Gasteiger partial charge in [-0.25, -0.2) is 4.98 Å². The Bertz CT molecular complexity index is 2010. The van der Waals surface area contributed by atoms with Crippen molar-refractivity contribution in [2.45, 2.75) is 6.92 Å². The van der Waals surface area contributed by atoms with Gasteiger partial charge in [0.2, 0.25) is 0 Å². The van der Waals surface area contributed by atoms with Gasteiger partial charge in [-0.15, -0.1) is 0 Å². The van der Waals surface area contributed by atoms with E-state index in [1.807, 2.05) is 55.5 Å². The Morgan fingerprint density at radius 1 is 0.865 bits per heavy atom. The number of rotatable bonds is 5. The fourth-order valence-electron chi connectivity index (χ4n) is 4.94. The molecule has 1 aliphatic carbocycles. The molecule has 0 bridgehead atoms. The molecule has 0 spiro atoms. The van der Waals surface area contributed by atoms with Crippen molar-refractivity contribution >= 4 is 33.1 Å². The minimum Gasteiger partial charge on any atom is -0.506 e. The van der Waals surface area contributed by atoms with Crippen LogP contribution in [0.1, 0.15) is 11.1 Å². The first-order valence-electron chi connectivity index (χ1n) is 11.9. The number of aromatic nitrogens is 1. The molecule has 0 amide bonds. The number of aliphatic hydroxyl groups excluding tert-OH is 1. The lowest BCUT2D eigenvalue weighted by atomic mass is 9.95. The summed E-state index contributed by atoms with van der Waals surface area (Å²) in [5, 5.41) is 17.2. The molecule has 0 unspecified atom stereocenters. The molecule has 4 aromatic carbocycles. The summed E-state index contributed by atoms with van der Waals surface area (Å²) in [6, 6.07) is 27.2. The van der Waals surface area contributed by atoms with Gasteiger partial charge in [0.15, 0.2) is 12.2 Å². The van der Waals surface area contributed by atoms with Crippen molar-refractivity contribution < 1.29 is 9.84 Å². The number of aliphatic hydroxyl groups is 1. The highest BCUT2D eigenvalue weighted by Gasteiger charge is 2.19. The minimum atomic E-state index is -0.546. The monoisotopic (exact) mass is 486 g/mol. The summed E-state index contributed by atoms with van der Waals surface area (Å²) in [7, 11) is 0. The number of fused-ring (bicyclic) bond motifs is 2. The zero-order valence-electron chi connectivity index (χ0n) is 20.0. The number of benzene rings is 4. The van der Waals surface area contributed by atoms with Crippen LogP contribution in [0.3, 0.4) is 0 Å². The molecule has 180 valence electrons. The van der Waals surface area contributed by atoms with Crippen molar-refractivity contribution in [2.24, 2.45) is 0 Å². The number of aryl methyl sites for hydroxylation is 1. The predicted molar refractivity (Wildman–Crippen MR) is 145 cm³/mol. The zero-order chi connectivity index (χ0) is 25.5. The van der Waals surface area contributed by atoms with Crippen molar-refractivity contribution in [1.82, 2.24) is 4.98 Å². The SMILES string of the molecule is Cc1cc(NCOc2ccccc2)c2c3c1nc(=O)c(=C(O)c1ccccc1)c=3c1ccccc1c2=O. The third-order valence-electron chi connectivity index (χ3n) is 6.61.